The van der Waals surface area contributed by atoms with Crippen LogP contribution in [0.2, 0.25) is 0 Å². The van der Waals surface area contributed by atoms with Crippen LogP contribution < -0.4 is 10.5 Å². The van der Waals surface area contributed by atoms with Gasteiger partial charge in [0.2, 0.25) is 0 Å². The van der Waals surface area contributed by atoms with Crippen molar-refractivity contribution < 1.29 is 9.84 Å². The minimum Gasteiger partial charge on any atom is -0.504 e. The van der Waals surface area contributed by atoms with Crippen LogP contribution >= 0.6 is 0 Å². The number of hydrogen-bond acceptors (Lipinski definition) is 4. The predicted octanol–water partition coefficient (Wildman–Crippen LogP) is 2.49. The first-order valence-electron chi connectivity index (χ1n) is 7.63. The highest BCUT2D eigenvalue weighted by Crippen LogP contribution is 2.29. The van der Waals surface area contributed by atoms with E-state index < -0.39 is 0 Å². The topological polar surface area (TPSA) is 58.7 Å². The van der Waals surface area contributed by atoms with Crippen molar-refractivity contribution >= 4 is 0 Å². The summed E-state index contributed by atoms with van der Waals surface area (Å²) in [6.07, 6.45) is 4.88. The van der Waals surface area contributed by atoms with Crippen LogP contribution in [0.25, 0.3) is 0 Å². The number of nitrogens with zero attached hydrogens (tertiary/aromatic N) is 1. The number of rotatable bonds is 6. The summed E-state index contributed by atoms with van der Waals surface area (Å²) >= 11 is 0. The second-order valence-electron chi connectivity index (χ2n) is 5.43. The molecule has 1 saturated heterocycles. The fraction of sp³-hybridized carbons (Fsp3) is 0.625. The zero-order valence-electron chi connectivity index (χ0n) is 12.3. The molecule has 4 nitrogen and oxygen atoms in total. The lowest BCUT2D eigenvalue weighted by atomic mass is 9.98. The molecule has 0 amide bonds. The van der Waals surface area contributed by atoms with Crippen LogP contribution in [0.15, 0.2) is 18.2 Å². The van der Waals surface area contributed by atoms with Crippen LogP contribution in [-0.4, -0.2) is 35.7 Å². The quantitative estimate of drug-likeness (QED) is 0.839. The van der Waals surface area contributed by atoms with Crippen LogP contribution in [0, 0.1) is 0 Å². The van der Waals surface area contributed by atoms with E-state index in [0.29, 0.717) is 18.4 Å². The van der Waals surface area contributed by atoms with E-state index >= 15 is 0 Å². The normalized spacial score (nSPS) is 20.0. The lowest BCUT2D eigenvalue weighted by Gasteiger charge is -2.35. The molecule has 1 unspecified atom stereocenters. The molecule has 3 N–H and O–H groups in total. The van der Waals surface area contributed by atoms with Gasteiger partial charge in [0.25, 0.3) is 0 Å². The average molecular weight is 278 g/mol. The van der Waals surface area contributed by atoms with E-state index in [1.807, 2.05) is 19.1 Å². The minimum atomic E-state index is 0.216. The van der Waals surface area contributed by atoms with Gasteiger partial charge in [0.05, 0.1) is 6.61 Å². The van der Waals surface area contributed by atoms with Gasteiger partial charge in [0.1, 0.15) is 0 Å². The molecule has 0 saturated carbocycles. The summed E-state index contributed by atoms with van der Waals surface area (Å²) in [5, 5.41) is 9.75. The van der Waals surface area contributed by atoms with Gasteiger partial charge in [-0.1, -0.05) is 12.5 Å². The summed E-state index contributed by atoms with van der Waals surface area (Å²) in [6, 6.07) is 6.25. The van der Waals surface area contributed by atoms with Crippen molar-refractivity contribution in [3.05, 3.63) is 23.8 Å². The van der Waals surface area contributed by atoms with Crippen molar-refractivity contribution in [2.75, 3.05) is 19.7 Å². The molecule has 1 atom stereocenters. The smallest absolute Gasteiger partial charge is 0.161 e. The maximum Gasteiger partial charge on any atom is 0.161 e. The SMILES string of the molecule is CCOc1cc(CN2CCCCC2CCN)ccc1O. The maximum atomic E-state index is 9.75. The Kier molecular flexibility index (Phi) is 5.68. The predicted molar refractivity (Wildman–Crippen MR) is 81.0 cm³/mol. The van der Waals surface area contributed by atoms with Crippen LogP contribution in [0.4, 0.5) is 0 Å². The van der Waals surface area contributed by atoms with Gasteiger partial charge in [-0.15, -0.1) is 0 Å². The average Bonchev–Trinajstić information content (AvgIpc) is 2.45. The number of phenolic OH excluding ortho intramolecular Hbond substituents is 1. The number of phenols is 1. The number of aromatic hydroxyl groups is 1. The molecule has 0 aliphatic carbocycles. The largest absolute Gasteiger partial charge is 0.504 e. The first-order chi connectivity index (χ1) is 9.74. The van der Waals surface area contributed by atoms with E-state index in [2.05, 4.69) is 4.90 Å². The van der Waals surface area contributed by atoms with Gasteiger partial charge in [-0.25, -0.2) is 0 Å². The molecular weight excluding hydrogens is 252 g/mol. The molecule has 1 aliphatic rings. The van der Waals surface area contributed by atoms with Crippen LogP contribution in [0.3, 0.4) is 0 Å². The zero-order chi connectivity index (χ0) is 14.4. The lowest BCUT2D eigenvalue weighted by molar-refractivity contribution is 0.134. The molecule has 1 aliphatic heterocycles. The molecule has 1 fully saturated rings. The van der Waals surface area contributed by atoms with Gasteiger partial charge in [0, 0.05) is 12.6 Å². The zero-order valence-corrected chi connectivity index (χ0v) is 12.3. The van der Waals surface area contributed by atoms with Crippen molar-refractivity contribution in [3.8, 4) is 11.5 Å². The summed E-state index contributed by atoms with van der Waals surface area (Å²) in [7, 11) is 0. The molecule has 1 aromatic carbocycles. The third-order valence-electron chi connectivity index (χ3n) is 3.96. The lowest BCUT2D eigenvalue weighted by Crippen LogP contribution is -2.40. The molecule has 0 radical (unpaired) electrons. The molecule has 2 rings (SSSR count). The highest BCUT2D eigenvalue weighted by molar-refractivity contribution is 5.41. The van der Waals surface area contributed by atoms with Crippen LogP contribution in [0.5, 0.6) is 11.5 Å². The molecule has 112 valence electrons. The van der Waals surface area contributed by atoms with E-state index in [1.165, 1.54) is 24.8 Å². The van der Waals surface area contributed by atoms with Gasteiger partial charge >= 0.3 is 0 Å². The first-order valence-corrected chi connectivity index (χ1v) is 7.63. The number of hydrogen-bond donors (Lipinski definition) is 2. The summed E-state index contributed by atoms with van der Waals surface area (Å²) in [5.74, 6) is 0.796. The Hall–Kier alpha value is -1.26. The van der Waals surface area contributed by atoms with Crippen molar-refractivity contribution in [1.29, 1.82) is 0 Å². The monoisotopic (exact) mass is 278 g/mol. The molecule has 0 aromatic heterocycles. The van der Waals surface area contributed by atoms with Gasteiger partial charge < -0.3 is 15.6 Å². The van der Waals surface area contributed by atoms with Gasteiger partial charge in [-0.3, -0.25) is 4.90 Å². The molecule has 1 aromatic rings. The third kappa shape index (κ3) is 3.87. The highest BCUT2D eigenvalue weighted by Gasteiger charge is 2.21. The summed E-state index contributed by atoms with van der Waals surface area (Å²) in [5.41, 5.74) is 6.91. The van der Waals surface area contributed by atoms with E-state index in [0.717, 1.165) is 26.1 Å². The number of piperidine rings is 1. The Morgan fingerprint density at radius 2 is 2.25 bits per heavy atom. The van der Waals surface area contributed by atoms with Crippen LogP contribution in [-0.2, 0) is 6.54 Å². The van der Waals surface area contributed by atoms with Gasteiger partial charge in [0.15, 0.2) is 11.5 Å². The fourth-order valence-electron chi connectivity index (χ4n) is 2.95. The van der Waals surface area contributed by atoms with Gasteiger partial charge in [-0.05, 0) is 57.0 Å². The number of likely N-dealkylation sites (tertiary alicyclic amines) is 1. The Balaban J connectivity index is 2.05. The van der Waals surface area contributed by atoms with E-state index in [4.69, 9.17) is 10.5 Å². The van der Waals surface area contributed by atoms with E-state index in [1.54, 1.807) is 6.07 Å². The second kappa shape index (κ2) is 7.50. The first kappa shape index (κ1) is 15.1. The standard InChI is InChI=1S/C16H26N2O2/c1-2-20-16-11-13(6-7-15(16)19)12-18-10-4-3-5-14(18)8-9-17/h6-7,11,14,19H,2-5,8-10,12,17H2,1H3. The van der Waals surface area contributed by atoms with E-state index in [9.17, 15) is 5.11 Å². The highest BCUT2D eigenvalue weighted by atomic mass is 16.5. The summed E-state index contributed by atoms with van der Waals surface area (Å²) < 4.78 is 5.45. The van der Waals surface area contributed by atoms with Crippen molar-refractivity contribution in [2.45, 2.75) is 45.2 Å². The molecule has 20 heavy (non-hydrogen) atoms. The Bertz CT molecular complexity index is 421. The van der Waals surface area contributed by atoms with Crippen molar-refractivity contribution in [1.82, 2.24) is 4.90 Å². The summed E-state index contributed by atoms with van der Waals surface area (Å²) in [6.45, 7) is 5.28. The maximum absolute atomic E-state index is 9.75. The molecule has 4 heteroatoms. The molecule has 1 heterocycles. The Morgan fingerprint density at radius 3 is 3.00 bits per heavy atom. The fourth-order valence-corrected chi connectivity index (χ4v) is 2.95. The van der Waals surface area contributed by atoms with E-state index in [-0.39, 0.29) is 5.75 Å². The van der Waals surface area contributed by atoms with Crippen LogP contribution in [0.1, 0.15) is 38.2 Å². The number of benzene rings is 1. The minimum absolute atomic E-state index is 0.216. The second-order valence-corrected chi connectivity index (χ2v) is 5.43. The number of nitrogens with two attached hydrogens (primary N) is 1. The Labute approximate surface area is 121 Å². The molecule has 0 spiro atoms. The van der Waals surface area contributed by atoms with Crippen molar-refractivity contribution in [2.24, 2.45) is 5.73 Å². The Morgan fingerprint density at radius 1 is 1.40 bits per heavy atom. The number of ether oxygens (including phenoxy) is 1. The third-order valence-corrected chi connectivity index (χ3v) is 3.96. The summed E-state index contributed by atoms with van der Waals surface area (Å²) in [4.78, 5) is 2.51. The van der Waals surface area contributed by atoms with Gasteiger partial charge in [-0.2, -0.15) is 0 Å². The van der Waals surface area contributed by atoms with Crippen molar-refractivity contribution in [3.63, 3.8) is 0 Å². The molecule has 0 bridgehead atoms. The molecular formula is C16H26N2O2.